The van der Waals surface area contributed by atoms with E-state index in [-0.39, 0.29) is 12.5 Å². The van der Waals surface area contributed by atoms with Crippen molar-refractivity contribution in [3.8, 4) is 0 Å². The smallest absolute Gasteiger partial charge is 0.0705 e. The second-order valence-corrected chi connectivity index (χ2v) is 3.54. The topological polar surface area (TPSA) is 59.1 Å². The van der Waals surface area contributed by atoms with Crippen molar-refractivity contribution in [3.63, 3.8) is 0 Å². The van der Waals surface area contributed by atoms with Crippen molar-refractivity contribution in [2.45, 2.75) is 5.92 Å². The molecule has 0 spiro atoms. The Bertz CT molecular complexity index is 452. The first kappa shape index (κ1) is 10.1. The Hall–Kier alpha value is -1.45. The molecular formula is C12H14N2O. The molecule has 0 aliphatic rings. The molecule has 0 saturated heterocycles. The number of nitrogens with zero attached hydrogens (tertiary/aromatic N) is 1. The standard InChI is InChI=1S/C12H14N2O/c13-7-10(8-15)12-6-5-9-3-1-2-4-11(9)14-12/h1-6,10,15H,7-8,13H2. The number of hydrogen-bond acceptors (Lipinski definition) is 3. The number of aliphatic hydroxyl groups excluding tert-OH is 1. The summed E-state index contributed by atoms with van der Waals surface area (Å²) in [7, 11) is 0. The molecule has 0 radical (unpaired) electrons. The van der Waals surface area contributed by atoms with Gasteiger partial charge in [0.2, 0.25) is 0 Å². The lowest BCUT2D eigenvalue weighted by Gasteiger charge is -2.11. The fraction of sp³-hybridized carbons (Fsp3) is 0.250. The number of rotatable bonds is 3. The van der Waals surface area contributed by atoms with Crippen LogP contribution in [0.1, 0.15) is 11.6 Å². The highest BCUT2D eigenvalue weighted by Crippen LogP contribution is 2.16. The highest BCUT2D eigenvalue weighted by Gasteiger charge is 2.09. The van der Waals surface area contributed by atoms with Gasteiger partial charge >= 0.3 is 0 Å². The Labute approximate surface area is 88.6 Å². The zero-order chi connectivity index (χ0) is 10.7. The lowest BCUT2D eigenvalue weighted by molar-refractivity contribution is 0.266. The third-order valence-electron chi connectivity index (χ3n) is 2.54. The number of aliphatic hydroxyl groups is 1. The van der Waals surface area contributed by atoms with Gasteiger partial charge in [-0.3, -0.25) is 4.98 Å². The van der Waals surface area contributed by atoms with Crippen molar-refractivity contribution in [2.75, 3.05) is 13.2 Å². The number of nitrogens with two attached hydrogens (primary N) is 1. The molecule has 1 aromatic carbocycles. The van der Waals surface area contributed by atoms with Crippen molar-refractivity contribution in [3.05, 3.63) is 42.1 Å². The Balaban J connectivity index is 2.46. The average molecular weight is 202 g/mol. The minimum atomic E-state index is -0.0605. The quantitative estimate of drug-likeness (QED) is 0.788. The monoisotopic (exact) mass is 202 g/mol. The minimum absolute atomic E-state index is 0.0435. The van der Waals surface area contributed by atoms with E-state index in [1.807, 2.05) is 36.4 Å². The molecule has 0 aliphatic carbocycles. The second-order valence-electron chi connectivity index (χ2n) is 3.54. The molecule has 0 aliphatic heterocycles. The van der Waals surface area contributed by atoms with E-state index in [9.17, 15) is 0 Å². The van der Waals surface area contributed by atoms with Crippen LogP contribution in [0.25, 0.3) is 10.9 Å². The van der Waals surface area contributed by atoms with Crippen molar-refractivity contribution < 1.29 is 5.11 Å². The van der Waals surface area contributed by atoms with E-state index >= 15 is 0 Å². The molecule has 3 nitrogen and oxygen atoms in total. The van der Waals surface area contributed by atoms with Gasteiger partial charge in [0.05, 0.1) is 12.1 Å². The molecule has 78 valence electrons. The van der Waals surface area contributed by atoms with Crippen LogP contribution in [0.15, 0.2) is 36.4 Å². The molecule has 0 amide bonds. The fourth-order valence-electron chi connectivity index (χ4n) is 1.60. The molecule has 1 heterocycles. The second kappa shape index (κ2) is 4.38. The zero-order valence-corrected chi connectivity index (χ0v) is 8.43. The Morgan fingerprint density at radius 2 is 2.00 bits per heavy atom. The molecule has 1 unspecified atom stereocenters. The fourth-order valence-corrected chi connectivity index (χ4v) is 1.60. The molecule has 0 saturated carbocycles. The van der Waals surface area contributed by atoms with Gasteiger partial charge in [0.1, 0.15) is 0 Å². The van der Waals surface area contributed by atoms with Crippen LogP contribution in [0.4, 0.5) is 0 Å². The van der Waals surface area contributed by atoms with Crippen LogP contribution in [0.2, 0.25) is 0 Å². The van der Waals surface area contributed by atoms with E-state index in [0.717, 1.165) is 16.6 Å². The first-order chi connectivity index (χ1) is 7.35. The first-order valence-corrected chi connectivity index (χ1v) is 5.01. The van der Waals surface area contributed by atoms with E-state index in [2.05, 4.69) is 4.98 Å². The SMILES string of the molecule is NCC(CO)c1ccc2ccccc2n1. The number of benzene rings is 1. The third-order valence-corrected chi connectivity index (χ3v) is 2.54. The van der Waals surface area contributed by atoms with Gasteiger partial charge in [0.25, 0.3) is 0 Å². The Morgan fingerprint density at radius 1 is 1.20 bits per heavy atom. The van der Waals surface area contributed by atoms with E-state index in [1.54, 1.807) is 0 Å². The van der Waals surface area contributed by atoms with Gasteiger partial charge in [-0.05, 0) is 12.1 Å². The van der Waals surface area contributed by atoms with E-state index in [1.165, 1.54) is 0 Å². The molecule has 0 bridgehead atoms. The first-order valence-electron chi connectivity index (χ1n) is 5.01. The lowest BCUT2D eigenvalue weighted by Crippen LogP contribution is -2.17. The largest absolute Gasteiger partial charge is 0.396 e. The van der Waals surface area contributed by atoms with Gasteiger partial charge < -0.3 is 10.8 Å². The van der Waals surface area contributed by atoms with Crippen molar-refractivity contribution in [1.29, 1.82) is 0 Å². The number of aromatic nitrogens is 1. The normalized spacial score (nSPS) is 12.9. The van der Waals surface area contributed by atoms with Gasteiger partial charge in [0, 0.05) is 23.5 Å². The summed E-state index contributed by atoms with van der Waals surface area (Å²) in [6, 6.07) is 11.9. The molecule has 2 rings (SSSR count). The maximum Gasteiger partial charge on any atom is 0.0705 e. The summed E-state index contributed by atoms with van der Waals surface area (Å²) in [5, 5.41) is 10.2. The van der Waals surface area contributed by atoms with Crippen molar-refractivity contribution in [1.82, 2.24) is 4.98 Å². The van der Waals surface area contributed by atoms with Crippen LogP contribution in [0.3, 0.4) is 0 Å². The predicted octanol–water partition coefficient (Wildman–Crippen LogP) is 1.27. The van der Waals surface area contributed by atoms with Crippen LogP contribution < -0.4 is 5.73 Å². The third kappa shape index (κ3) is 1.98. The summed E-state index contributed by atoms with van der Waals surface area (Å²) < 4.78 is 0. The van der Waals surface area contributed by atoms with E-state index < -0.39 is 0 Å². The van der Waals surface area contributed by atoms with Crippen LogP contribution in [0, 0.1) is 0 Å². The maximum atomic E-state index is 9.13. The summed E-state index contributed by atoms with van der Waals surface area (Å²) in [5.74, 6) is -0.0605. The Morgan fingerprint density at radius 3 is 2.73 bits per heavy atom. The van der Waals surface area contributed by atoms with Gasteiger partial charge in [-0.25, -0.2) is 0 Å². The predicted molar refractivity (Wildman–Crippen MR) is 60.6 cm³/mol. The van der Waals surface area contributed by atoms with Crippen molar-refractivity contribution >= 4 is 10.9 Å². The number of para-hydroxylation sites is 1. The molecule has 1 atom stereocenters. The van der Waals surface area contributed by atoms with Crippen molar-refractivity contribution in [2.24, 2.45) is 5.73 Å². The van der Waals surface area contributed by atoms with Crippen LogP contribution >= 0.6 is 0 Å². The van der Waals surface area contributed by atoms with E-state index in [0.29, 0.717) is 6.54 Å². The Kier molecular flexibility index (Phi) is 2.94. The summed E-state index contributed by atoms with van der Waals surface area (Å²) in [6.45, 7) is 0.462. The molecule has 1 aromatic heterocycles. The van der Waals surface area contributed by atoms with Crippen LogP contribution in [0.5, 0.6) is 0 Å². The summed E-state index contributed by atoms with van der Waals surface area (Å²) in [6.07, 6.45) is 0. The minimum Gasteiger partial charge on any atom is -0.396 e. The van der Waals surface area contributed by atoms with Gasteiger partial charge in [-0.2, -0.15) is 0 Å². The number of hydrogen-bond donors (Lipinski definition) is 2. The van der Waals surface area contributed by atoms with Gasteiger partial charge in [-0.15, -0.1) is 0 Å². The number of pyridine rings is 1. The molecule has 2 aromatic rings. The molecular weight excluding hydrogens is 188 g/mol. The zero-order valence-electron chi connectivity index (χ0n) is 8.43. The van der Waals surface area contributed by atoms with Crippen LogP contribution in [-0.4, -0.2) is 23.2 Å². The summed E-state index contributed by atoms with van der Waals surface area (Å²) in [5.41, 5.74) is 7.37. The summed E-state index contributed by atoms with van der Waals surface area (Å²) >= 11 is 0. The molecule has 15 heavy (non-hydrogen) atoms. The maximum absolute atomic E-state index is 9.13. The van der Waals surface area contributed by atoms with Gasteiger partial charge in [-0.1, -0.05) is 24.3 Å². The average Bonchev–Trinajstić information content (AvgIpc) is 2.30. The molecule has 3 N–H and O–H groups in total. The summed E-state index contributed by atoms with van der Waals surface area (Å²) in [4.78, 5) is 4.48. The van der Waals surface area contributed by atoms with E-state index in [4.69, 9.17) is 10.8 Å². The highest BCUT2D eigenvalue weighted by molar-refractivity contribution is 5.78. The van der Waals surface area contributed by atoms with Gasteiger partial charge in [0.15, 0.2) is 0 Å². The van der Waals surface area contributed by atoms with Crippen LogP contribution in [-0.2, 0) is 0 Å². The molecule has 3 heteroatoms. The number of fused-ring (bicyclic) bond motifs is 1. The highest BCUT2D eigenvalue weighted by atomic mass is 16.3. The lowest BCUT2D eigenvalue weighted by atomic mass is 10.1. The molecule has 0 fully saturated rings.